The van der Waals surface area contributed by atoms with Crippen LogP contribution in [-0.4, -0.2) is 42.3 Å². The quantitative estimate of drug-likeness (QED) is 0.431. The monoisotopic (exact) mass is 486 g/mol. The molecule has 0 unspecified atom stereocenters. The summed E-state index contributed by atoms with van der Waals surface area (Å²) in [6, 6.07) is 25.8. The highest BCUT2D eigenvalue weighted by molar-refractivity contribution is 8.18. The summed E-state index contributed by atoms with van der Waals surface area (Å²) in [7, 11) is 0. The van der Waals surface area contributed by atoms with Crippen LogP contribution < -0.4 is 9.47 Å². The topological polar surface area (TPSA) is 60.4 Å². The van der Waals surface area contributed by atoms with Gasteiger partial charge in [-0.15, -0.1) is 0 Å². The van der Waals surface area contributed by atoms with Gasteiger partial charge in [0.15, 0.2) is 16.7 Å². The van der Waals surface area contributed by atoms with Crippen molar-refractivity contribution >= 4 is 28.9 Å². The SMILES string of the molecule is O=C1N=C(N2CCOCC2)SC1=Cc1ccc(OCc2ccccc2)c(OCc2ccccc2)c1. The first kappa shape index (κ1) is 23.2. The van der Waals surface area contributed by atoms with Crippen LogP contribution in [0, 0.1) is 0 Å². The maximum atomic E-state index is 12.6. The normalized spacial score (nSPS) is 16.9. The highest BCUT2D eigenvalue weighted by atomic mass is 32.2. The van der Waals surface area contributed by atoms with Crippen molar-refractivity contribution in [1.82, 2.24) is 4.90 Å². The molecule has 2 aliphatic heterocycles. The van der Waals surface area contributed by atoms with Gasteiger partial charge in [-0.25, -0.2) is 0 Å². The van der Waals surface area contributed by atoms with E-state index >= 15 is 0 Å². The molecule has 178 valence electrons. The van der Waals surface area contributed by atoms with Gasteiger partial charge in [0.25, 0.3) is 5.91 Å². The van der Waals surface area contributed by atoms with Crippen molar-refractivity contribution in [3.05, 3.63) is 100 Å². The van der Waals surface area contributed by atoms with Crippen LogP contribution in [0.2, 0.25) is 0 Å². The summed E-state index contributed by atoms with van der Waals surface area (Å²) >= 11 is 1.41. The van der Waals surface area contributed by atoms with E-state index in [1.807, 2.05) is 84.9 Å². The van der Waals surface area contributed by atoms with Crippen LogP contribution in [0.25, 0.3) is 6.08 Å². The second-order valence-corrected chi connectivity index (χ2v) is 9.17. The Labute approximate surface area is 209 Å². The summed E-state index contributed by atoms with van der Waals surface area (Å²) in [5, 5.41) is 0.743. The number of carbonyl (C=O) groups is 1. The first-order valence-electron chi connectivity index (χ1n) is 11.6. The molecule has 2 aliphatic rings. The van der Waals surface area contributed by atoms with Crippen LogP contribution >= 0.6 is 11.8 Å². The lowest BCUT2D eigenvalue weighted by atomic mass is 10.1. The molecule has 3 aromatic rings. The Morgan fingerprint density at radius 2 is 1.49 bits per heavy atom. The summed E-state index contributed by atoms with van der Waals surface area (Å²) in [4.78, 5) is 19.5. The highest BCUT2D eigenvalue weighted by Gasteiger charge is 2.27. The first-order valence-corrected chi connectivity index (χ1v) is 12.4. The Hall–Kier alpha value is -3.55. The van der Waals surface area contributed by atoms with Crippen LogP contribution in [-0.2, 0) is 22.7 Å². The van der Waals surface area contributed by atoms with E-state index in [1.54, 1.807) is 0 Å². The van der Waals surface area contributed by atoms with Crippen LogP contribution in [0.1, 0.15) is 16.7 Å². The second-order valence-electron chi connectivity index (χ2n) is 8.16. The lowest BCUT2D eigenvalue weighted by Gasteiger charge is -2.27. The van der Waals surface area contributed by atoms with E-state index in [0.29, 0.717) is 42.8 Å². The number of hydrogen-bond acceptors (Lipinski definition) is 6. The molecule has 1 fully saturated rings. The molecule has 6 nitrogen and oxygen atoms in total. The average molecular weight is 487 g/mol. The molecular formula is C28H26N2O4S. The Morgan fingerprint density at radius 3 is 2.14 bits per heavy atom. The van der Waals surface area contributed by atoms with E-state index in [0.717, 1.165) is 34.9 Å². The van der Waals surface area contributed by atoms with E-state index in [9.17, 15) is 4.79 Å². The van der Waals surface area contributed by atoms with Gasteiger partial charge >= 0.3 is 0 Å². The van der Waals surface area contributed by atoms with Crippen molar-refractivity contribution in [2.24, 2.45) is 4.99 Å². The van der Waals surface area contributed by atoms with Crippen LogP contribution in [0.4, 0.5) is 0 Å². The molecule has 0 aliphatic carbocycles. The lowest BCUT2D eigenvalue weighted by molar-refractivity contribution is -0.113. The van der Waals surface area contributed by atoms with Gasteiger partial charge in [0.05, 0.1) is 18.1 Å². The third kappa shape index (κ3) is 6.12. The molecule has 7 heteroatoms. The number of amides is 1. The van der Waals surface area contributed by atoms with Crippen LogP contribution in [0.5, 0.6) is 11.5 Å². The van der Waals surface area contributed by atoms with Crippen molar-refractivity contribution in [2.75, 3.05) is 26.3 Å². The number of hydrogen-bond donors (Lipinski definition) is 0. The second kappa shape index (κ2) is 11.3. The van der Waals surface area contributed by atoms with Gasteiger partial charge in [-0.1, -0.05) is 66.7 Å². The largest absolute Gasteiger partial charge is 0.485 e. The molecule has 2 heterocycles. The van der Waals surface area contributed by atoms with Gasteiger partial charge in [0.1, 0.15) is 13.2 Å². The molecule has 0 atom stereocenters. The average Bonchev–Trinajstić information content (AvgIpc) is 3.28. The van der Waals surface area contributed by atoms with E-state index in [2.05, 4.69) is 9.89 Å². The Morgan fingerprint density at radius 1 is 0.857 bits per heavy atom. The van der Waals surface area contributed by atoms with Gasteiger partial charge in [-0.3, -0.25) is 4.79 Å². The molecule has 35 heavy (non-hydrogen) atoms. The fourth-order valence-corrected chi connectivity index (χ4v) is 4.72. The zero-order valence-electron chi connectivity index (χ0n) is 19.3. The Bertz CT molecular complexity index is 1220. The van der Waals surface area contributed by atoms with Crippen molar-refractivity contribution in [3.63, 3.8) is 0 Å². The molecule has 0 N–H and O–H groups in total. The predicted molar refractivity (Wildman–Crippen MR) is 138 cm³/mol. The number of carbonyl (C=O) groups excluding carboxylic acids is 1. The van der Waals surface area contributed by atoms with Gasteiger partial charge in [-0.2, -0.15) is 4.99 Å². The minimum atomic E-state index is -0.215. The summed E-state index contributed by atoms with van der Waals surface area (Å²) in [5.74, 6) is 1.07. The van der Waals surface area contributed by atoms with Gasteiger partial charge in [-0.05, 0) is 46.7 Å². The Balaban J connectivity index is 1.34. The van der Waals surface area contributed by atoms with E-state index in [-0.39, 0.29) is 5.91 Å². The molecule has 1 amide bonds. The van der Waals surface area contributed by atoms with E-state index in [1.165, 1.54) is 11.8 Å². The van der Waals surface area contributed by atoms with Gasteiger partial charge < -0.3 is 19.1 Å². The summed E-state index contributed by atoms with van der Waals surface area (Å²) in [6.07, 6.45) is 1.86. The number of nitrogens with zero attached hydrogens (tertiary/aromatic N) is 2. The third-order valence-electron chi connectivity index (χ3n) is 5.63. The standard InChI is InChI=1S/C28H26N2O4S/c31-27-26(35-28(29-27)30-13-15-32-16-14-30)18-23-11-12-24(33-19-21-7-3-1-4-8-21)25(17-23)34-20-22-9-5-2-6-10-22/h1-12,17-18H,13-16,19-20H2. The fourth-order valence-electron chi connectivity index (χ4n) is 3.76. The number of ether oxygens (including phenoxy) is 3. The lowest BCUT2D eigenvalue weighted by Crippen LogP contribution is -2.38. The van der Waals surface area contributed by atoms with Crippen LogP contribution in [0.3, 0.4) is 0 Å². The maximum absolute atomic E-state index is 12.6. The number of thioether (sulfide) groups is 1. The van der Waals surface area contributed by atoms with Crippen LogP contribution in [0.15, 0.2) is 88.8 Å². The number of rotatable bonds is 7. The molecule has 0 aromatic heterocycles. The zero-order valence-corrected chi connectivity index (χ0v) is 20.1. The third-order valence-corrected chi connectivity index (χ3v) is 6.68. The van der Waals surface area contributed by atoms with Crippen molar-refractivity contribution in [2.45, 2.75) is 13.2 Å². The number of morpholine rings is 1. The summed E-state index contributed by atoms with van der Waals surface area (Å²) in [6.45, 7) is 3.65. The molecule has 3 aromatic carbocycles. The highest BCUT2D eigenvalue weighted by Crippen LogP contribution is 2.34. The maximum Gasteiger partial charge on any atom is 0.286 e. The predicted octanol–water partition coefficient (Wildman–Crippen LogP) is 5.15. The zero-order chi connectivity index (χ0) is 23.9. The molecule has 0 spiro atoms. The number of amidine groups is 1. The molecule has 0 saturated carbocycles. The van der Waals surface area contributed by atoms with Gasteiger partial charge in [0, 0.05) is 13.1 Å². The summed E-state index contributed by atoms with van der Waals surface area (Å²) < 4.78 is 17.7. The van der Waals surface area contributed by atoms with Crippen molar-refractivity contribution in [1.29, 1.82) is 0 Å². The molecular weight excluding hydrogens is 460 g/mol. The first-order chi connectivity index (χ1) is 17.2. The number of aliphatic imine (C=N–C) groups is 1. The van der Waals surface area contributed by atoms with Gasteiger partial charge in [0.2, 0.25) is 0 Å². The smallest absolute Gasteiger partial charge is 0.286 e. The van der Waals surface area contributed by atoms with Crippen molar-refractivity contribution < 1.29 is 19.0 Å². The Kier molecular flexibility index (Phi) is 7.46. The molecule has 0 bridgehead atoms. The van der Waals surface area contributed by atoms with E-state index in [4.69, 9.17) is 14.2 Å². The molecule has 5 rings (SSSR count). The molecule has 0 radical (unpaired) electrons. The van der Waals surface area contributed by atoms with E-state index < -0.39 is 0 Å². The minimum Gasteiger partial charge on any atom is -0.485 e. The molecule has 1 saturated heterocycles. The minimum absolute atomic E-state index is 0.215. The summed E-state index contributed by atoms with van der Waals surface area (Å²) in [5.41, 5.74) is 3.00. The fraction of sp³-hybridized carbons (Fsp3) is 0.214. The number of benzene rings is 3. The van der Waals surface area contributed by atoms with Crippen molar-refractivity contribution in [3.8, 4) is 11.5 Å².